The van der Waals surface area contributed by atoms with Gasteiger partial charge in [-0.05, 0) is 23.6 Å². The van der Waals surface area contributed by atoms with Crippen LogP contribution in [-0.4, -0.2) is 21.8 Å². The first-order valence-electron chi connectivity index (χ1n) is 7.14. The lowest BCUT2D eigenvalue weighted by atomic mass is 10.3. The van der Waals surface area contributed by atoms with Crippen molar-refractivity contribution >= 4 is 34.8 Å². The van der Waals surface area contributed by atoms with Gasteiger partial charge < -0.3 is 9.26 Å². The SMILES string of the molecule is O=C(CSc1ccc([N+](=O)[O-])cc1)OCc1cc(-c2cccs2)on1. The molecule has 25 heavy (non-hydrogen) atoms. The van der Waals surface area contributed by atoms with Gasteiger partial charge in [-0.25, -0.2) is 0 Å². The van der Waals surface area contributed by atoms with Gasteiger partial charge in [0.15, 0.2) is 5.76 Å². The predicted molar refractivity (Wildman–Crippen MR) is 93.4 cm³/mol. The summed E-state index contributed by atoms with van der Waals surface area (Å²) in [7, 11) is 0. The number of aromatic nitrogens is 1. The highest BCUT2D eigenvalue weighted by Crippen LogP contribution is 2.25. The number of ether oxygens (including phenoxy) is 1. The van der Waals surface area contributed by atoms with Crippen molar-refractivity contribution < 1.29 is 19.0 Å². The number of nitro benzene ring substituents is 1. The fourth-order valence-electron chi connectivity index (χ4n) is 1.92. The molecule has 0 N–H and O–H groups in total. The summed E-state index contributed by atoms with van der Waals surface area (Å²) in [6, 6.07) is 11.6. The number of non-ortho nitro benzene ring substituents is 1. The number of benzene rings is 1. The molecule has 9 heteroatoms. The first kappa shape index (κ1) is 17.2. The number of thioether (sulfide) groups is 1. The van der Waals surface area contributed by atoms with Gasteiger partial charge in [-0.3, -0.25) is 14.9 Å². The molecule has 0 aliphatic carbocycles. The van der Waals surface area contributed by atoms with Gasteiger partial charge in [-0.2, -0.15) is 0 Å². The van der Waals surface area contributed by atoms with Crippen molar-refractivity contribution in [2.24, 2.45) is 0 Å². The molecule has 0 unspecified atom stereocenters. The normalized spacial score (nSPS) is 10.6. The van der Waals surface area contributed by atoms with Gasteiger partial charge in [0.2, 0.25) is 0 Å². The average Bonchev–Trinajstić information content (AvgIpc) is 3.29. The Hall–Kier alpha value is -2.65. The highest BCUT2D eigenvalue weighted by atomic mass is 32.2. The molecular weight excluding hydrogens is 364 g/mol. The van der Waals surface area contributed by atoms with E-state index in [1.54, 1.807) is 18.2 Å². The molecule has 128 valence electrons. The molecule has 0 radical (unpaired) electrons. The monoisotopic (exact) mass is 376 g/mol. The van der Waals surface area contributed by atoms with E-state index < -0.39 is 10.9 Å². The third-order valence-corrected chi connectivity index (χ3v) is 4.98. The van der Waals surface area contributed by atoms with E-state index in [1.165, 1.54) is 35.2 Å². The van der Waals surface area contributed by atoms with Gasteiger partial charge in [0.25, 0.3) is 5.69 Å². The molecule has 2 heterocycles. The van der Waals surface area contributed by atoms with Gasteiger partial charge in [0, 0.05) is 23.1 Å². The number of esters is 1. The summed E-state index contributed by atoms with van der Waals surface area (Å²) in [4.78, 5) is 23.6. The third-order valence-electron chi connectivity index (χ3n) is 3.11. The Bertz CT molecular complexity index is 859. The molecule has 1 aromatic carbocycles. The molecule has 3 aromatic rings. The van der Waals surface area contributed by atoms with E-state index in [0.29, 0.717) is 11.5 Å². The summed E-state index contributed by atoms with van der Waals surface area (Å²) in [6.45, 7) is 0.0362. The number of hydrogen-bond donors (Lipinski definition) is 0. The summed E-state index contributed by atoms with van der Waals surface area (Å²) in [5.41, 5.74) is 0.552. The number of rotatable bonds is 7. The topological polar surface area (TPSA) is 95.5 Å². The maximum Gasteiger partial charge on any atom is 0.316 e. The largest absolute Gasteiger partial charge is 0.458 e. The fraction of sp³-hybridized carbons (Fsp3) is 0.125. The van der Waals surface area contributed by atoms with Crippen LogP contribution in [-0.2, 0) is 16.1 Å². The van der Waals surface area contributed by atoms with E-state index in [4.69, 9.17) is 9.26 Å². The average molecular weight is 376 g/mol. The fourth-order valence-corrected chi connectivity index (χ4v) is 3.29. The van der Waals surface area contributed by atoms with Crippen LogP contribution in [0, 0.1) is 10.1 Å². The summed E-state index contributed by atoms with van der Waals surface area (Å²) >= 11 is 2.78. The molecular formula is C16H12N2O5S2. The summed E-state index contributed by atoms with van der Waals surface area (Å²) in [5, 5.41) is 16.4. The van der Waals surface area contributed by atoms with E-state index in [0.717, 1.165) is 9.77 Å². The van der Waals surface area contributed by atoms with Crippen molar-refractivity contribution in [1.29, 1.82) is 0 Å². The van der Waals surface area contributed by atoms with Crippen molar-refractivity contribution in [3.63, 3.8) is 0 Å². The maximum absolute atomic E-state index is 11.8. The van der Waals surface area contributed by atoms with Crippen LogP contribution in [0.1, 0.15) is 5.69 Å². The maximum atomic E-state index is 11.8. The van der Waals surface area contributed by atoms with Crippen molar-refractivity contribution in [1.82, 2.24) is 5.16 Å². The van der Waals surface area contributed by atoms with Gasteiger partial charge in [-0.1, -0.05) is 11.2 Å². The van der Waals surface area contributed by atoms with Gasteiger partial charge in [0.1, 0.15) is 12.3 Å². The van der Waals surface area contributed by atoms with Gasteiger partial charge >= 0.3 is 5.97 Å². The Balaban J connectivity index is 1.46. The highest BCUT2D eigenvalue weighted by molar-refractivity contribution is 8.00. The van der Waals surface area contributed by atoms with E-state index >= 15 is 0 Å². The van der Waals surface area contributed by atoms with Crippen LogP contribution in [0.5, 0.6) is 0 Å². The van der Waals surface area contributed by atoms with E-state index in [-0.39, 0.29) is 18.0 Å². The first-order valence-corrected chi connectivity index (χ1v) is 9.01. The predicted octanol–water partition coefficient (Wildman–Crippen LogP) is 4.15. The minimum absolute atomic E-state index is 0.0134. The first-order chi connectivity index (χ1) is 12.1. The molecule has 0 bridgehead atoms. The van der Waals surface area contributed by atoms with Gasteiger partial charge in [0.05, 0.1) is 15.6 Å². The Morgan fingerprint density at radius 1 is 1.32 bits per heavy atom. The molecule has 0 aliphatic heterocycles. The minimum atomic E-state index is -0.467. The molecule has 0 fully saturated rings. The lowest BCUT2D eigenvalue weighted by Gasteiger charge is -2.02. The Morgan fingerprint density at radius 3 is 2.80 bits per heavy atom. The number of nitrogens with zero attached hydrogens (tertiary/aromatic N) is 2. The number of carbonyl (C=O) groups excluding carboxylic acids is 1. The van der Waals surface area contributed by atoms with E-state index in [9.17, 15) is 14.9 Å². The summed E-state index contributed by atoms with van der Waals surface area (Å²) in [5.74, 6) is 0.346. The van der Waals surface area contributed by atoms with Crippen molar-refractivity contribution in [2.75, 3.05) is 5.75 Å². The van der Waals surface area contributed by atoms with Crippen LogP contribution >= 0.6 is 23.1 Å². The number of thiophene rings is 1. The summed E-state index contributed by atoms with van der Waals surface area (Å²) < 4.78 is 10.4. The lowest BCUT2D eigenvalue weighted by Crippen LogP contribution is -2.07. The highest BCUT2D eigenvalue weighted by Gasteiger charge is 2.11. The Morgan fingerprint density at radius 2 is 2.12 bits per heavy atom. The number of hydrogen-bond acceptors (Lipinski definition) is 8. The molecule has 0 saturated carbocycles. The van der Waals surface area contributed by atoms with Crippen molar-refractivity contribution in [3.05, 3.63) is 63.7 Å². The van der Waals surface area contributed by atoms with Crippen molar-refractivity contribution in [2.45, 2.75) is 11.5 Å². The van der Waals surface area contributed by atoms with Crippen LogP contribution in [0.2, 0.25) is 0 Å². The summed E-state index contributed by atoms with van der Waals surface area (Å²) in [6.07, 6.45) is 0. The zero-order chi connectivity index (χ0) is 17.6. The number of nitro groups is 1. The smallest absolute Gasteiger partial charge is 0.316 e. The molecule has 0 atom stereocenters. The second-order valence-electron chi connectivity index (χ2n) is 4.86. The van der Waals surface area contributed by atoms with E-state index in [1.807, 2.05) is 17.5 Å². The molecule has 0 saturated heterocycles. The van der Waals surface area contributed by atoms with Crippen molar-refractivity contribution in [3.8, 4) is 10.6 Å². The molecule has 3 rings (SSSR count). The standard InChI is InChI=1S/C16H12N2O5S2/c19-16(10-25-13-5-3-12(4-6-13)18(20)21)22-9-11-8-14(23-17-11)15-2-1-7-24-15/h1-8H,9-10H2. The molecule has 2 aromatic heterocycles. The van der Waals surface area contributed by atoms with Crippen LogP contribution < -0.4 is 0 Å². The molecule has 7 nitrogen and oxygen atoms in total. The second kappa shape index (κ2) is 7.95. The minimum Gasteiger partial charge on any atom is -0.458 e. The van der Waals surface area contributed by atoms with Crippen LogP contribution in [0.15, 0.2) is 57.3 Å². The third kappa shape index (κ3) is 4.68. The second-order valence-corrected chi connectivity index (χ2v) is 6.86. The molecule has 0 amide bonds. The van der Waals surface area contributed by atoms with Gasteiger partial charge in [-0.15, -0.1) is 23.1 Å². The lowest BCUT2D eigenvalue weighted by molar-refractivity contribution is -0.384. The zero-order valence-corrected chi connectivity index (χ0v) is 14.4. The molecule has 0 spiro atoms. The van der Waals surface area contributed by atoms with Crippen LogP contribution in [0.3, 0.4) is 0 Å². The number of carbonyl (C=O) groups is 1. The van der Waals surface area contributed by atoms with Crippen LogP contribution in [0.4, 0.5) is 5.69 Å². The Labute approximate surface area is 150 Å². The Kier molecular flexibility index (Phi) is 5.46. The van der Waals surface area contributed by atoms with Crippen LogP contribution in [0.25, 0.3) is 10.6 Å². The van der Waals surface area contributed by atoms with E-state index in [2.05, 4.69) is 5.16 Å². The molecule has 0 aliphatic rings. The quantitative estimate of drug-likeness (QED) is 0.264. The zero-order valence-electron chi connectivity index (χ0n) is 12.8.